The maximum atomic E-state index is 12.5. The summed E-state index contributed by atoms with van der Waals surface area (Å²) in [4.78, 5) is 27.9. The third kappa shape index (κ3) is 5.66. The lowest BCUT2D eigenvalue weighted by molar-refractivity contribution is -0.128. The maximum Gasteiger partial charge on any atom is 0.251 e. The van der Waals surface area contributed by atoms with Crippen LogP contribution in [-0.2, 0) is 17.8 Å². The van der Waals surface area contributed by atoms with E-state index in [1.165, 1.54) is 11.1 Å². The van der Waals surface area contributed by atoms with E-state index in [-0.39, 0.29) is 24.5 Å². The highest BCUT2D eigenvalue weighted by molar-refractivity contribution is 5.94. The van der Waals surface area contributed by atoms with Crippen molar-refractivity contribution >= 4 is 11.8 Å². The molecule has 2 aliphatic rings. The first kappa shape index (κ1) is 22.3. The highest BCUT2D eigenvalue weighted by atomic mass is 16.5. The zero-order valence-electron chi connectivity index (χ0n) is 18.5. The fourth-order valence-electron chi connectivity index (χ4n) is 4.37. The van der Waals surface area contributed by atoms with Crippen molar-refractivity contribution in [3.63, 3.8) is 0 Å². The van der Waals surface area contributed by atoms with Crippen LogP contribution in [0.1, 0.15) is 34.8 Å². The average Bonchev–Trinajstić information content (AvgIpc) is 3.27. The van der Waals surface area contributed by atoms with E-state index in [0.717, 1.165) is 25.9 Å². The van der Waals surface area contributed by atoms with Crippen LogP contribution in [0, 0.1) is 0 Å². The Hall–Kier alpha value is -2.90. The third-order valence-corrected chi connectivity index (χ3v) is 6.19. The zero-order chi connectivity index (χ0) is 22.5. The molecule has 2 N–H and O–H groups in total. The predicted octanol–water partition coefficient (Wildman–Crippen LogP) is 1.84. The highest BCUT2D eigenvalue weighted by Gasteiger charge is 2.25. The molecule has 0 spiro atoms. The van der Waals surface area contributed by atoms with E-state index in [0.29, 0.717) is 30.9 Å². The van der Waals surface area contributed by atoms with Gasteiger partial charge in [-0.1, -0.05) is 24.3 Å². The molecule has 0 aromatic heterocycles. The van der Waals surface area contributed by atoms with E-state index in [2.05, 4.69) is 28.4 Å². The molecule has 7 heteroatoms. The van der Waals surface area contributed by atoms with Gasteiger partial charge in [0.2, 0.25) is 5.91 Å². The Kier molecular flexibility index (Phi) is 7.07. The molecule has 0 saturated carbocycles. The number of carbonyl (C=O) groups excluding carboxylic acids is 2. The molecule has 2 heterocycles. The van der Waals surface area contributed by atoms with E-state index in [9.17, 15) is 14.7 Å². The Morgan fingerprint density at radius 2 is 1.88 bits per heavy atom. The maximum absolute atomic E-state index is 12.5. The minimum absolute atomic E-state index is 0.0181. The van der Waals surface area contributed by atoms with Crippen LogP contribution in [0.15, 0.2) is 48.5 Å². The Morgan fingerprint density at radius 3 is 2.59 bits per heavy atom. The quantitative estimate of drug-likeness (QED) is 0.691. The zero-order valence-corrected chi connectivity index (χ0v) is 18.5. The van der Waals surface area contributed by atoms with Gasteiger partial charge in [0.05, 0.1) is 12.6 Å². The van der Waals surface area contributed by atoms with Gasteiger partial charge in [-0.3, -0.25) is 14.5 Å². The minimum atomic E-state index is -0.626. The van der Waals surface area contributed by atoms with Gasteiger partial charge in [0.25, 0.3) is 5.91 Å². The van der Waals surface area contributed by atoms with Crippen molar-refractivity contribution < 1.29 is 19.4 Å². The number of fused-ring (bicyclic) bond motifs is 1. The monoisotopic (exact) mass is 437 g/mol. The number of amides is 2. The summed E-state index contributed by atoms with van der Waals surface area (Å²) in [6.45, 7) is 5.35. The number of nitrogens with zero attached hydrogens (tertiary/aromatic N) is 2. The van der Waals surface area contributed by atoms with E-state index in [4.69, 9.17) is 4.74 Å². The molecule has 2 aromatic carbocycles. The van der Waals surface area contributed by atoms with Crippen molar-refractivity contribution in [2.75, 3.05) is 32.7 Å². The first-order chi connectivity index (χ1) is 15.5. The minimum Gasteiger partial charge on any atom is -0.489 e. The molecule has 2 aliphatic heterocycles. The van der Waals surface area contributed by atoms with Gasteiger partial charge in [0, 0.05) is 51.6 Å². The van der Waals surface area contributed by atoms with Gasteiger partial charge in [-0.15, -0.1) is 0 Å². The van der Waals surface area contributed by atoms with Crippen molar-refractivity contribution in [1.82, 2.24) is 15.1 Å². The molecular formula is C25H31N3O4. The van der Waals surface area contributed by atoms with Crippen molar-refractivity contribution in [3.05, 3.63) is 65.2 Å². The standard InChI is InChI=1S/C25H31N3O4/c1-18(29)28-13-11-24(17-28)32-23-8-6-20(7-9-23)25(31)26-14-22(30)16-27-12-10-19-4-2-3-5-21(19)15-27/h2-9,22,24,30H,10-17H2,1H3,(H,26,31). The van der Waals surface area contributed by atoms with E-state index in [1.54, 1.807) is 36.1 Å². The SMILES string of the molecule is CC(=O)N1CCC(Oc2ccc(C(=O)NCC(O)CN3CCc4ccccc4C3)cc2)C1. The summed E-state index contributed by atoms with van der Waals surface area (Å²) in [5.74, 6) is 0.529. The van der Waals surface area contributed by atoms with E-state index >= 15 is 0 Å². The summed E-state index contributed by atoms with van der Waals surface area (Å²) >= 11 is 0. The number of hydrogen-bond acceptors (Lipinski definition) is 5. The summed E-state index contributed by atoms with van der Waals surface area (Å²) in [5, 5.41) is 13.2. The molecule has 0 bridgehead atoms. The van der Waals surface area contributed by atoms with Crippen molar-refractivity contribution in [2.24, 2.45) is 0 Å². The average molecular weight is 438 g/mol. The van der Waals surface area contributed by atoms with Crippen LogP contribution in [0.2, 0.25) is 0 Å². The van der Waals surface area contributed by atoms with Crippen LogP contribution in [0.4, 0.5) is 0 Å². The van der Waals surface area contributed by atoms with E-state index < -0.39 is 6.10 Å². The number of carbonyl (C=O) groups is 2. The lowest BCUT2D eigenvalue weighted by atomic mass is 10.00. The van der Waals surface area contributed by atoms with Crippen LogP contribution in [-0.4, -0.2) is 71.7 Å². The Bertz CT molecular complexity index is 946. The molecule has 2 unspecified atom stereocenters. The van der Waals surface area contributed by atoms with Crippen LogP contribution in [0.3, 0.4) is 0 Å². The molecule has 2 atom stereocenters. The number of β-amino-alcohol motifs (C(OH)–C–C–N with tert-alkyl or cyclic N) is 1. The van der Waals surface area contributed by atoms with Crippen LogP contribution >= 0.6 is 0 Å². The smallest absolute Gasteiger partial charge is 0.251 e. The third-order valence-electron chi connectivity index (χ3n) is 6.19. The summed E-state index contributed by atoms with van der Waals surface area (Å²) in [6.07, 6.45) is 1.15. The summed E-state index contributed by atoms with van der Waals surface area (Å²) in [7, 11) is 0. The molecule has 2 amide bonds. The van der Waals surface area contributed by atoms with Crippen molar-refractivity contribution in [1.29, 1.82) is 0 Å². The number of likely N-dealkylation sites (tertiary alicyclic amines) is 1. The second-order valence-electron chi connectivity index (χ2n) is 8.64. The molecule has 170 valence electrons. The largest absolute Gasteiger partial charge is 0.489 e. The molecule has 0 radical (unpaired) electrons. The number of hydrogen-bond donors (Lipinski definition) is 2. The lowest BCUT2D eigenvalue weighted by Gasteiger charge is -2.30. The number of ether oxygens (including phenoxy) is 1. The van der Waals surface area contributed by atoms with Crippen LogP contribution in [0.25, 0.3) is 0 Å². The number of nitrogens with one attached hydrogen (secondary N) is 1. The topological polar surface area (TPSA) is 82.1 Å². The molecule has 1 fully saturated rings. The second-order valence-corrected chi connectivity index (χ2v) is 8.64. The number of aliphatic hydroxyl groups excluding tert-OH is 1. The highest BCUT2D eigenvalue weighted by Crippen LogP contribution is 2.20. The van der Waals surface area contributed by atoms with Gasteiger partial charge in [-0.05, 0) is 41.8 Å². The fraction of sp³-hybridized carbons (Fsp3) is 0.440. The fourth-order valence-corrected chi connectivity index (χ4v) is 4.37. The Balaban J connectivity index is 1.21. The molecule has 7 nitrogen and oxygen atoms in total. The first-order valence-electron chi connectivity index (χ1n) is 11.3. The summed E-state index contributed by atoms with van der Waals surface area (Å²) in [6, 6.07) is 15.4. The second kappa shape index (κ2) is 10.1. The van der Waals surface area contributed by atoms with Gasteiger partial charge < -0.3 is 20.1 Å². The Labute approximate surface area is 189 Å². The predicted molar refractivity (Wildman–Crippen MR) is 121 cm³/mol. The number of benzene rings is 2. The van der Waals surface area contributed by atoms with Gasteiger partial charge >= 0.3 is 0 Å². The van der Waals surface area contributed by atoms with Gasteiger partial charge in [-0.25, -0.2) is 0 Å². The van der Waals surface area contributed by atoms with Gasteiger partial charge in [-0.2, -0.15) is 0 Å². The van der Waals surface area contributed by atoms with Crippen LogP contribution in [0.5, 0.6) is 5.75 Å². The molecular weight excluding hydrogens is 406 g/mol. The van der Waals surface area contributed by atoms with Gasteiger partial charge in [0.1, 0.15) is 11.9 Å². The Morgan fingerprint density at radius 1 is 1.12 bits per heavy atom. The van der Waals surface area contributed by atoms with Crippen molar-refractivity contribution in [3.8, 4) is 5.75 Å². The molecule has 2 aromatic rings. The number of rotatable bonds is 7. The summed E-state index contributed by atoms with van der Waals surface area (Å²) < 4.78 is 5.93. The molecule has 0 aliphatic carbocycles. The lowest BCUT2D eigenvalue weighted by Crippen LogP contribution is -2.42. The van der Waals surface area contributed by atoms with Crippen LogP contribution < -0.4 is 10.1 Å². The van der Waals surface area contributed by atoms with Crippen molar-refractivity contribution in [2.45, 2.75) is 38.5 Å². The summed E-state index contributed by atoms with van der Waals surface area (Å²) in [5.41, 5.74) is 3.21. The molecule has 32 heavy (non-hydrogen) atoms. The molecule has 1 saturated heterocycles. The normalized spacial score (nSPS) is 19.3. The molecule has 4 rings (SSSR count). The first-order valence-corrected chi connectivity index (χ1v) is 11.3. The van der Waals surface area contributed by atoms with E-state index in [1.807, 2.05) is 6.07 Å². The number of aliphatic hydroxyl groups is 1. The van der Waals surface area contributed by atoms with Gasteiger partial charge in [0.15, 0.2) is 0 Å².